The second-order valence-electron chi connectivity index (χ2n) is 6.52. The van der Waals surface area contributed by atoms with Gasteiger partial charge in [0.2, 0.25) is 0 Å². The maximum absolute atomic E-state index is 12.6. The average Bonchev–Trinajstić information content (AvgIpc) is 2.62. The highest BCUT2D eigenvalue weighted by Gasteiger charge is 2.27. The van der Waals surface area contributed by atoms with Crippen molar-refractivity contribution in [2.75, 3.05) is 26.2 Å². The zero-order valence-corrected chi connectivity index (χ0v) is 14.6. The molecule has 1 aliphatic heterocycles. The van der Waals surface area contributed by atoms with Gasteiger partial charge in [-0.15, -0.1) is 12.4 Å². The molecule has 0 spiro atoms. The Hall–Kier alpha value is -1.10. The number of hydrogen-bond donors (Lipinski definition) is 1. The fourth-order valence-electron chi connectivity index (χ4n) is 3.70. The van der Waals surface area contributed by atoms with Crippen LogP contribution >= 0.6 is 12.4 Å². The van der Waals surface area contributed by atoms with E-state index in [-0.39, 0.29) is 18.3 Å². The third-order valence-corrected chi connectivity index (χ3v) is 5.13. The van der Waals surface area contributed by atoms with E-state index < -0.39 is 0 Å². The van der Waals surface area contributed by atoms with Crippen LogP contribution in [-0.2, 0) is 6.54 Å². The number of halogens is 1. The van der Waals surface area contributed by atoms with Crippen LogP contribution in [0.4, 0.5) is 0 Å². The fraction of sp³-hybridized carbons (Fsp3) is 0.611. The molecule has 23 heavy (non-hydrogen) atoms. The van der Waals surface area contributed by atoms with E-state index in [0.29, 0.717) is 6.54 Å². The van der Waals surface area contributed by atoms with Gasteiger partial charge in [-0.25, -0.2) is 0 Å². The Morgan fingerprint density at radius 3 is 2.17 bits per heavy atom. The lowest BCUT2D eigenvalue weighted by atomic mass is 9.94. The van der Waals surface area contributed by atoms with Crippen LogP contribution in [0, 0.1) is 0 Å². The van der Waals surface area contributed by atoms with Crippen molar-refractivity contribution in [3.63, 3.8) is 0 Å². The number of carbonyl (C=O) groups is 1. The van der Waals surface area contributed by atoms with Crippen molar-refractivity contribution < 1.29 is 4.79 Å². The van der Waals surface area contributed by atoms with Gasteiger partial charge in [-0.1, -0.05) is 31.4 Å². The van der Waals surface area contributed by atoms with Crippen LogP contribution in [0.2, 0.25) is 0 Å². The second kappa shape index (κ2) is 8.67. The third-order valence-electron chi connectivity index (χ3n) is 5.13. The zero-order valence-electron chi connectivity index (χ0n) is 13.7. The molecule has 0 atom stereocenters. The highest BCUT2D eigenvalue weighted by Crippen LogP contribution is 2.23. The molecule has 2 aliphatic rings. The molecule has 3 rings (SSSR count). The highest BCUT2D eigenvalue weighted by atomic mass is 35.5. The lowest BCUT2D eigenvalue weighted by Crippen LogP contribution is -2.52. The Balaban J connectivity index is 0.00000192. The van der Waals surface area contributed by atoms with Crippen molar-refractivity contribution in [1.82, 2.24) is 9.80 Å². The van der Waals surface area contributed by atoms with E-state index in [0.717, 1.165) is 43.3 Å². The molecule has 4 nitrogen and oxygen atoms in total. The van der Waals surface area contributed by atoms with Gasteiger partial charge in [0.25, 0.3) is 5.91 Å². The van der Waals surface area contributed by atoms with Crippen LogP contribution in [0.25, 0.3) is 0 Å². The summed E-state index contributed by atoms with van der Waals surface area (Å²) >= 11 is 0. The molecule has 5 heteroatoms. The normalized spacial score (nSPS) is 20.1. The Bertz CT molecular complexity index is 491. The van der Waals surface area contributed by atoms with Crippen LogP contribution < -0.4 is 5.73 Å². The molecule has 1 aromatic rings. The van der Waals surface area contributed by atoms with Gasteiger partial charge in [0.05, 0.1) is 0 Å². The topological polar surface area (TPSA) is 49.6 Å². The van der Waals surface area contributed by atoms with Crippen LogP contribution in [0.3, 0.4) is 0 Å². The smallest absolute Gasteiger partial charge is 0.253 e. The monoisotopic (exact) mass is 337 g/mol. The Morgan fingerprint density at radius 2 is 1.61 bits per heavy atom. The number of amides is 1. The zero-order chi connectivity index (χ0) is 15.4. The van der Waals surface area contributed by atoms with Crippen molar-refractivity contribution in [1.29, 1.82) is 0 Å². The van der Waals surface area contributed by atoms with Crippen molar-refractivity contribution in [2.45, 2.75) is 44.7 Å². The number of rotatable bonds is 3. The van der Waals surface area contributed by atoms with Crippen LogP contribution in [0.15, 0.2) is 24.3 Å². The molecule has 1 heterocycles. The molecule has 2 fully saturated rings. The second-order valence-corrected chi connectivity index (χ2v) is 6.52. The average molecular weight is 338 g/mol. The summed E-state index contributed by atoms with van der Waals surface area (Å²) in [4.78, 5) is 17.2. The van der Waals surface area contributed by atoms with Crippen LogP contribution in [0.1, 0.15) is 48.0 Å². The van der Waals surface area contributed by atoms with Gasteiger partial charge in [0, 0.05) is 44.3 Å². The van der Waals surface area contributed by atoms with Gasteiger partial charge >= 0.3 is 0 Å². The van der Waals surface area contributed by atoms with E-state index in [1.807, 2.05) is 29.2 Å². The number of carbonyl (C=O) groups excluding carboxylic acids is 1. The molecule has 2 N–H and O–H groups in total. The molecule has 1 amide bonds. The van der Waals surface area contributed by atoms with Gasteiger partial charge in [-0.05, 0) is 30.5 Å². The minimum atomic E-state index is 0. The number of nitrogens with two attached hydrogens (primary N) is 1. The summed E-state index contributed by atoms with van der Waals surface area (Å²) in [6.07, 6.45) is 6.82. The maximum Gasteiger partial charge on any atom is 0.253 e. The summed E-state index contributed by atoms with van der Waals surface area (Å²) < 4.78 is 0. The van der Waals surface area contributed by atoms with Crippen molar-refractivity contribution in [3.05, 3.63) is 35.4 Å². The first-order chi connectivity index (χ1) is 10.8. The van der Waals surface area contributed by atoms with Crippen molar-refractivity contribution in [2.24, 2.45) is 5.73 Å². The van der Waals surface area contributed by atoms with E-state index in [9.17, 15) is 4.79 Å². The first-order valence-electron chi connectivity index (χ1n) is 8.60. The van der Waals surface area contributed by atoms with Crippen molar-refractivity contribution >= 4 is 18.3 Å². The van der Waals surface area contributed by atoms with Crippen LogP contribution in [-0.4, -0.2) is 47.9 Å². The third kappa shape index (κ3) is 4.46. The molecule has 0 bridgehead atoms. The first kappa shape index (κ1) is 18.2. The largest absolute Gasteiger partial charge is 0.336 e. The highest BCUT2D eigenvalue weighted by molar-refractivity contribution is 5.94. The standard InChI is InChI=1S/C18H27N3O.ClH/c19-14-15-6-8-16(9-7-15)18(22)21-12-10-20(11-13-21)17-4-2-1-3-5-17;/h6-9,17H,1-5,10-14,19H2;1H. The number of hydrogen-bond acceptors (Lipinski definition) is 3. The molecule has 1 saturated heterocycles. The number of benzene rings is 1. The molecule has 0 aromatic heterocycles. The van der Waals surface area contributed by atoms with E-state index in [4.69, 9.17) is 5.73 Å². The Morgan fingerprint density at radius 1 is 1.00 bits per heavy atom. The van der Waals surface area contributed by atoms with Gasteiger partial charge in [-0.2, -0.15) is 0 Å². The van der Waals surface area contributed by atoms with E-state index >= 15 is 0 Å². The fourth-order valence-corrected chi connectivity index (χ4v) is 3.70. The summed E-state index contributed by atoms with van der Waals surface area (Å²) in [6.45, 7) is 4.28. The van der Waals surface area contributed by atoms with Gasteiger partial charge in [-0.3, -0.25) is 9.69 Å². The van der Waals surface area contributed by atoms with Crippen molar-refractivity contribution in [3.8, 4) is 0 Å². The molecular weight excluding hydrogens is 310 g/mol. The minimum absolute atomic E-state index is 0. The summed E-state index contributed by atoms with van der Waals surface area (Å²) in [6, 6.07) is 8.46. The summed E-state index contributed by atoms with van der Waals surface area (Å²) in [7, 11) is 0. The quantitative estimate of drug-likeness (QED) is 0.922. The molecule has 1 saturated carbocycles. The van der Waals surface area contributed by atoms with Gasteiger partial charge < -0.3 is 10.6 Å². The molecule has 0 unspecified atom stereocenters. The predicted molar refractivity (Wildman–Crippen MR) is 95.9 cm³/mol. The van der Waals surface area contributed by atoms with Crippen LogP contribution in [0.5, 0.6) is 0 Å². The van der Waals surface area contributed by atoms with E-state index in [1.54, 1.807) is 0 Å². The molecular formula is C18H28ClN3O. The maximum atomic E-state index is 12.6. The SMILES string of the molecule is Cl.NCc1ccc(C(=O)N2CCN(C3CCCCC3)CC2)cc1. The lowest BCUT2D eigenvalue weighted by molar-refractivity contribution is 0.0523. The van der Waals surface area contributed by atoms with Gasteiger partial charge in [0.15, 0.2) is 0 Å². The van der Waals surface area contributed by atoms with E-state index in [2.05, 4.69) is 4.90 Å². The lowest BCUT2D eigenvalue weighted by Gasteiger charge is -2.40. The summed E-state index contributed by atoms with van der Waals surface area (Å²) in [5.74, 6) is 0.159. The first-order valence-corrected chi connectivity index (χ1v) is 8.60. The molecule has 1 aromatic carbocycles. The minimum Gasteiger partial charge on any atom is -0.336 e. The predicted octanol–water partition coefficient (Wildman–Crippen LogP) is 2.66. The Kier molecular flexibility index (Phi) is 6.88. The molecule has 1 aliphatic carbocycles. The molecule has 0 radical (unpaired) electrons. The number of piperazine rings is 1. The van der Waals surface area contributed by atoms with E-state index in [1.165, 1.54) is 32.1 Å². The summed E-state index contributed by atoms with van der Waals surface area (Å²) in [5.41, 5.74) is 7.45. The molecule has 128 valence electrons. The Labute approximate surface area is 145 Å². The summed E-state index contributed by atoms with van der Waals surface area (Å²) in [5, 5.41) is 0. The van der Waals surface area contributed by atoms with Gasteiger partial charge in [0.1, 0.15) is 0 Å². The number of nitrogens with zero attached hydrogens (tertiary/aromatic N) is 2.